The lowest BCUT2D eigenvalue weighted by atomic mass is 10.1. The molecule has 1 aliphatic rings. The maximum absolute atomic E-state index is 6.06. The highest BCUT2D eigenvalue weighted by molar-refractivity contribution is 7.13. The van der Waals surface area contributed by atoms with E-state index in [9.17, 15) is 0 Å². The number of anilines is 2. The zero-order valence-corrected chi connectivity index (χ0v) is 18.9. The predicted octanol–water partition coefficient (Wildman–Crippen LogP) is 4.32. The van der Waals surface area contributed by atoms with Crippen molar-refractivity contribution in [2.45, 2.75) is 26.2 Å². The lowest BCUT2D eigenvalue weighted by molar-refractivity contribution is -0.0351. The van der Waals surface area contributed by atoms with Crippen molar-refractivity contribution in [2.24, 2.45) is 0 Å². The summed E-state index contributed by atoms with van der Waals surface area (Å²) < 4.78 is 16.9. The zero-order chi connectivity index (χ0) is 21.6. The van der Waals surface area contributed by atoms with Crippen LogP contribution in [0.5, 0.6) is 5.75 Å². The summed E-state index contributed by atoms with van der Waals surface area (Å²) in [4.78, 5) is 11.6. The highest BCUT2D eigenvalue weighted by Crippen LogP contribution is 2.27. The normalized spacial score (nSPS) is 16.9. The Hall–Kier alpha value is -2.52. The van der Waals surface area contributed by atoms with E-state index in [2.05, 4.69) is 21.3 Å². The summed E-state index contributed by atoms with van der Waals surface area (Å²) in [6.07, 6.45) is -0.0818. The van der Waals surface area contributed by atoms with Gasteiger partial charge in [0.05, 0.1) is 31.7 Å². The molecular weight excluding hydrogens is 412 g/mol. The van der Waals surface area contributed by atoms with E-state index >= 15 is 0 Å². The van der Waals surface area contributed by atoms with E-state index in [1.54, 1.807) is 25.6 Å². The second-order valence-electron chi connectivity index (χ2n) is 7.54. The summed E-state index contributed by atoms with van der Waals surface area (Å²) in [5.74, 6) is 1.67. The van der Waals surface area contributed by atoms with Crippen molar-refractivity contribution in [1.29, 1.82) is 0 Å². The first-order valence-corrected chi connectivity index (χ1v) is 11.2. The molecule has 1 aromatic carbocycles. The number of hydrogen-bond donors (Lipinski definition) is 1. The minimum absolute atomic E-state index is 0.0818. The number of hydrogen-bond acceptors (Lipinski definition) is 8. The van der Waals surface area contributed by atoms with Crippen molar-refractivity contribution in [3.8, 4) is 5.75 Å². The molecule has 0 radical (unpaired) electrons. The highest BCUT2D eigenvalue weighted by Gasteiger charge is 2.24. The number of nitrogens with zero attached hydrogens (tertiary/aromatic N) is 3. The van der Waals surface area contributed by atoms with E-state index in [1.807, 2.05) is 42.6 Å². The van der Waals surface area contributed by atoms with Crippen LogP contribution in [0.3, 0.4) is 0 Å². The Morgan fingerprint density at radius 1 is 1.23 bits per heavy atom. The fraction of sp³-hybridized carbons (Fsp3) is 0.391. The molecule has 0 aliphatic carbocycles. The van der Waals surface area contributed by atoms with Crippen LogP contribution < -0.4 is 10.1 Å². The van der Waals surface area contributed by atoms with Crippen molar-refractivity contribution in [2.75, 3.05) is 39.2 Å². The van der Waals surface area contributed by atoms with Gasteiger partial charge in [0.1, 0.15) is 17.7 Å². The number of rotatable bonds is 8. The maximum Gasteiger partial charge on any atom is 0.188 e. The smallest absolute Gasteiger partial charge is 0.188 e. The van der Waals surface area contributed by atoms with Gasteiger partial charge in [0, 0.05) is 37.7 Å². The van der Waals surface area contributed by atoms with Crippen LogP contribution in [0.1, 0.15) is 28.6 Å². The third-order valence-corrected chi connectivity index (χ3v) is 6.03. The molecule has 164 valence electrons. The Morgan fingerprint density at radius 3 is 2.90 bits per heavy atom. The Labute approximate surface area is 187 Å². The van der Waals surface area contributed by atoms with Gasteiger partial charge in [0.2, 0.25) is 0 Å². The third-order valence-electron chi connectivity index (χ3n) is 5.15. The average molecular weight is 441 g/mol. The molecule has 0 amide bonds. The lowest BCUT2D eigenvalue weighted by Gasteiger charge is -2.33. The predicted molar refractivity (Wildman–Crippen MR) is 122 cm³/mol. The Morgan fingerprint density at radius 2 is 2.13 bits per heavy atom. The molecule has 1 atom stereocenters. The number of aromatic nitrogens is 2. The topological polar surface area (TPSA) is 68.7 Å². The van der Waals surface area contributed by atoms with Crippen LogP contribution in [0, 0.1) is 6.92 Å². The van der Waals surface area contributed by atoms with Crippen LogP contribution in [0.15, 0.2) is 41.8 Å². The Kier molecular flexibility index (Phi) is 7.14. The average Bonchev–Trinajstić information content (AvgIpc) is 3.19. The molecular formula is C23H28N4O3S. The summed E-state index contributed by atoms with van der Waals surface area (Å²) in [5.41, 5.74) is 4.21. The van der Waals surface area contributed by atoms with Gasteiger partial charge < -0.3 is 19.5 Å². The quantitative estimate of drug-likeness (QED) is 0.559. The van der Waals surface area contributed by atoms with Gasteiger partial charge in [-0.15, -0.1) is 11.3 Å². The number of aryl methyl sites for hydroxylation is 1. The monoisotopic (exact) mass is 440 g/mol. The minimum Gasteiger partial charge on any atom is -0.496 e. The van der Waals surface area contributed by atoms with Gasteiger partial charge in [-0.1, -0.05) is 12.1 Å². The Bertz CT molecular complexity index is 1010. The van der Waals surface area contributed by atoms with Gasteiger partial charge in [-0.3, -0.25) is 4.90 Å². The first-order valence-electron chi connectivity index (χ1n) is 10.3. The molecule has 1 aliphatic heterocycles. The number of benzene rings is 1. The van der Waals surface area contributed by atoms with Gasteiger partial charge in [-0.25, -0.2) is 9.97 Å². The SMILES string of the molecule is COCc1ccc(OC)c(CN2CCO[C@H](c3cccc(Nc4nc(C)cs4)n3)C2)c1. The van der Waals surface area contributed by atoms with Crippen LogP contribution in [0.25, 0.3) is 0 Å². The van der Waals surface area contributed by atoms with Gasteiger partial charge >= 0.3 is 0 Å². The summed E-state index contributed by atoms with van der Waals surface area (Å²) >= 11 is 1.57. The van der Waals surface area contributed by atoms with Crippen molar-refractivity contribution in [1.82, 2.24) is 14.9 Å². The van der Waals surface area contributed by atoms with Crippen molar-refractivity contribution in [3.63, 3.8) is 0 Å². The van der Waals surface area contributed by atoms with Gasteiger partial charge in [0.15, 0.2) is 5.13 Å². The van der Waals surface area contributed by atoms with Crippen molar-refractivity contribution >= 4 is 22.3 Å². The zero-order valence-electron chi connectivity index (χ0n) is 18.1. The molecule has 31 heavy (non-hydrogen) atoms. The molecule has 1 N–H and O–H groups in total. The van der Waals surface area contributed by atoms with Gasteiger partial charge in [0.25, 0.3) is 0 Å². The molecule has 0 bridgehead atoms. The molecule has 3 aromatic rings. The first kappa shape index (κ1) is 21.7. The summed E-state index contributed by atoms with van der Waals surface area (Å²) in [6.45, 7) is 5.66. The summed E-state index contributed by atoms with van der Waals surface area (Å²) in [5, 5.41) is 6.15. The fourth-order valence-corrected chi connectivity index (χ4v) is 4.39. The molecule has 0 spiro atoms. The summed E-state index contributed by atoms with van der Waals surface area (Å²) in [7, 11) is 3.42. The molecule has 0 unspecified atom stereocenters. The standard InChI is InChI=1S/C23H28N4O3S/c1-16-15-31-23(24-16)26-22-6-4-5-19(25-22)21-13-27(9-10-30-21)12-18-11-17(14-28-2)7-8-20(18)29-3/h4-8,11,15,21H,9-10,12-14H2,1-3H3,(H,24,25,26)/t21-/m0/s1. The van der Waals surface area contributed by atoms with E-state index in [1.165, 1.54) is 0 Å². The van der Waals surface area contributed by atoms with E-state index in [0.29, 0.717) is 13.2 Å². The largest absolute Gasteiger partial charge is 0.496 e. The van der Waals surface area contributed by atoms with Crippen LogP contribution in [-0.4, -0.2) is 48.8 Å². The number of methoxy groups -OCH3 is 2. The van der Waals surface area contributed by atoms with Crippen LogP contribution in [0.2, 0.25) is 0 Å². The minimum atomic E-state index is -0.0818. The van der Waals surface area contributed by atoms with Crippen molar-refractivity contribution < 1.29 is 14.2 Å². The van der Waals surface area contributed by atoms with Gasteiger partial charge in [-0.2, -0.15) is 0 Å². The molecule has 1 saturated heterocycles. The second-order valence-corrected chi connectivity index (χ2v) is 8.40. The molecule has 1 fully saturated rings. The van der Waals surface area contributed by atoms with E-state index < -0.39 is 0 Å². The van der Waals surface area contributed by atoms with Gasteiger partial charge in [-0.05, 0) is 36.8 Å². The summed E-state index contributed by atoms with van der Waals surface area (Å²) in [6, 6.07) is 12.2. The van der Waals surface area contributed by atoms with Crippen LogP contribution in [0.4, 0.5) is 10.9 Å². The Balaban J connectivity index is 1.45. The maximum atomic E-state index is 6.06. The number of nitrogens with one attached hydrogen (secondary N) is 1. The number of ether oxygens (including phenoxy) is 3. The molecule has 2 aromatic heterocycles. The van der Waals surface area contributed by atoms with Crippen LogP contribution in [-0.2, 0) is 22.6 Å². The number of morpholine rings is 1. The highest BCUT2D eigenvalue weighted by atomic mass is 32.1. The van der Waals surface area contributed by atoms with Crippen LogP contribution >= 0.6 is 11.3 Å². The molecule has 8 heteroatoms. The second kappa shape index (κ2) is 10.2. The fourth-order valence-electron chi connectivity index (χ4n) is 3.70. The molecule has 0 saturated carbocycles. The molecule has 7 nitrogen and oxygen atoms in total. The van der Waals surface area contributed by atoms with E-state index in [-0.39, 0.29) is 6.10 Å². The van der Waals surface area contributed by atoms with Crippen molar-refractivity contribution in [3.05, 3.63) is 64.3 Å². The van der Waals surface area contributed by atoms with E-state index in [0.717, 1.165) is 58.8 Å². The molecule has 3 heterocycles. The third kappa shape index (κ3) is 5.59. The van der Waals surface area contributed by atoms with E-state index in [4.69, 9.17) is 19.2 Å². The number of pyridine rings is 1. The molecule has 4 rings (SSSR count). The number of thiazole rings is 1. The first-order chi connectivity index (χ1) is 15.1. The lowest BCUT2D eigenvalue weighted by Crippen LogP contribution is -2.38.